The Bertz CT molecular complexity index is 227. The molecular weight excluding hydrogens is 226 g/mol. The van der Waals surface area contributed by atoms with E-state index in [0.29, 0.717) is 0 Å². The lowest BCUT2D eigenvalue weighted by molar-refractivity contribution is -0.117. The van der Waals surface area contributed by atoms with Crippen LogP contribution in [0.25, 0.3) is 0 Å². The zero-order chi connectivity index (χ0) is 13.6. The van der Waals surface area contributed by atoms with Crippen molar-refractivity contribution in [2.75, 3.05) is 6.61 Å². The van der Waals surface area contributed by atoms with Gasteiger partial charge in [-0.3, -0.25) is 4.79 Å². The molecule has 0 unspecified atom stereocenters. The molecule has 0 saturated heterocycles. The monoisotopic (exact) mass is 255 g/mol. The fourth-order valence-electron chi connectivity index (χ4n) is 1.75. The van der Waals surface area contributed by atoms with Crippen LogP contribution in [0, 0.1) is 0 Å². The zero-order valence-electron chi connectivity index (χ0n) is 12.0. The van der Waals surface area contributed by atoms with E-state index in [4.69, 9.17) is 5.11 Å². The molecule has 3 nitrogen and oxygen atoms in total. The molecule has 0 rings (SSSR count). The molecule has 0 radical (unpaired) electrons. The summed E-state index contributed by atoms with van der Waals surface area (Å²) in [6.07, 6.45) is 13.5. The Morgan fingerprint density at radius 1 is 1.17 bits per heavy atom. The van der Waals surface area contributed by atoms with Crippen LogP contribution < -0.4 is 5.32 Å². The smallest absolute Gasteiger partial charge is 0.243 e. The minimum absolute atomic E-state index is 0.0165. The van der Waals surface area contributed by atoms with E-state index in [1.54, 1.807) is 13.0 Å². The van der Waals surface area contributed by atoms with Crippen LogP contribution in [0.4, 0.5) is 0 Å². The first-order chi connectivity index (χ1) is 8.70. The van der Waals surface area contributed by atoms with Gasteiger partial charge in [0.05, 0.1) is 6.61 Å². The van der Waals surface area contributed by atoms with Crippen LogP contribution in [-0.2, 0) is 4.79 Å². The molecule has 106 valence electrons. The average Bonchev–Trinajstić information content (AvgIpc) is 2.36. The van der Waals surface area contributed by atoms with Gasteiger partial charge in [-0.1, -0.05) is 51.5 Å². The minimum Gasteiger partial charge on any atom is -0.394 e. The Balaban J connectivity index is 3.34. The summed E-state index contributed by atoms with van der Waals surface area (Å²) in [5, 5.41) is 11.5. The lowest BCUT2D eigenvalue weighted by Gasteiger charge is -2.07. The van der Waals surface area contributed by atoms with Gasteiger partial charge in [-0.05, 0) is 25.8 Å². The van der Waals surface area contributed by atoms with Crippen LogP contribution in [0.2, 0.25) is 0 Å². The molecule has 0 aromatic carbocycles. The van der Waals surface area contributed by atoms with Crippen molar-refractivity contribution in [2.45, 2.75) is 71.3 Å². The largest absolute Gasteiger partial charge is 0.394 e. The summed E-state index contributed by atoms with van der Waals surface area (Å²) < 4.78 is 0. The highest BCUT2D eigenvalue weighted by Crippen LogP contribution is 2.08. The van der Waals surface area contributed by atoms with E-state index in [2.05, 4.69) is 12.2 Å². The Kier molecular flexibility index (Phi) is 12.0. The maximum atomic E-state index is 11.3. The van der Waals surface area contributed by atoms with Crippen molar-refractivity contribution in [3.05, 3.63) is 12.2 Å². The third-order valence-corrected chi connectivity index (χ3v) is 2.91. The van der Waals surface area contributed by atoms with Crippen molar-refractivity contribution >= 4 is 5.91 Å². The molecule has 0 fully saturated rings. The number of rotatable bonds is 11. The molecule has 0 aromatic rings. The minimum atomic E-state index is -0.166. The van der Waals surface area contributed by atoms with Gasteiger partial charge < -0.3 is 10.4 Å². The Labute approximate surface area is 112 Å². The summed E-state index contributed by atoms with van der Waals surface area (Å²) in [6.45, 7) is 3.99. The molecule has 0 saturated carbocycles. The van der Waals surface area contributed by atoms with Gasteiger partial charge in [0.25, 0.3) is 0 Å². The van der Waals surface area contributed by atoms with Crippen molar-refractivity contribution in [1.82, 2.24) is 5.32 Å². The van der Waals surface area contributed by atoms with E-state index < -0.39 is 0 Å². The summed E-state index contributed by atoms with van der Waals surface area (Å²) in [4.78, 5) is 11.3. The number of nitrogens with one attached hydrogen (secondary N) is 1. The fourth-order valence-corrected chi connectivity index (χ4v) is 1.75. The van der Waals surface area contributed by atoms with Crippen molar-refractivity contribution in [3.8, 4) is 0 Å². The molecule has 0 aromatic heterocycles. The third-order valence-electron chi connectivity index (χ3n) is 2.91. The number of aliphatic hydroxyl groups is 1. The Hall–Kier alpha value is -0.830. The molecule has 0 aliphatic carbocycles. The lowest BCUT2D eigenvalue weighted by Crippen LogP contribution is -2.33. The topological polar surface area (TPSA) is 49.3 Å². The van der Waals surface area contributed by atoms with E-state index in [1.807, 2.05) is 6.08 Å². The second-order valence-corrected chi connectivity index (χ2v) is 4.90. The first-order valence-electron chi connectivity index (χ1n) is 7.28. The maximum Gasteiger partial charge on any atom is 0.243 e. The molecule has 0 aliphatic rings. The van der Waals surface area contributed by atoms with Gasteiger partial charge in [-0.25, -0.2) is 0 Å². The van der Waals surface area contributed by atoms with Crippen molar-refractivity contribution in [2.24, 2.45) is 0 Å². The van der Waals surface area contributed by atoms with E-state index in [0.717, 1.165) is 12.8 Å². The summed E-state index contributed by atoms with van der Waals surface area (Å²) in [5.41, 5.74) is 0. The Morgan fingerprint density at radius 2 is 1.78 bits per heavy atom. The molecule has 2 N–H and O–H groups in total. The van der Waals surface area contributed by atoms with Gasteiger partial charge in [0, 0.05) is 6.04 Å². The summed E-state index contributed by atoms with van der Waals surface area (Å²) >= 11 is 0. The standard InChI is InChI=1S/C15H29NO2/c1-3-4-5-6-7-8-9-10-11-12-15(18)16-14(2)13-17/h11-12,14,17H,3-10,13H2,1-2H3,(H,16,18)/b12-11+/t14-/m0/s1. The molecule has 0 bridgehead atoms. The molecule has 3 heteroatoms. The Morgan fingerprint density at radius 3 is 2.39 bits per heavy atom. The maximum absolute atomic E-state index is 11.3. The zero-order valence-corrected chi connectivity index (χ0v) is 12.0. The molecule has 0 spiro atoms. The van der Waals surface area contributed by atoms with Gasteiger partial charge in [0.1, 0.15) is 0 Å². The van der Waals surface area contributed by atoms with Gasteiger partial charge in [0.2, 0.25) is 5.91 Å². The summed E-state index contributed by atoms with van der Waals surface area (Å²) in [6, 6.07) is -0.166. The quantitative estimate of drug-likeness (QED) is 0.440. The van der Waals surface area contributed by atoms with E-state index >= 15 is 0 Å². The number of unbranched alkanes of at least 4 members (excludes halogenated alkanes) is 7. The van der Waals surface area contributed by atoms with Crippen LogP contribution in [0.3, 0.4) is 0 Å². The molecule has 0 aliphatic heterocycles. The first-order valence-corrected chi connectivity index (χ1v) is 7.28. The van der Waals surface area contributed by atoms with Crippen LogP contribution in [-0.4, -0.2) is 23.7 Å². The third kappa shape index (κ3) is 11.6. The van der Waals surface area contributed by atoms with Gasteiger partial charge >= 0.3 is 0 Å². The van der Waals surface area contributed by atoms with Gasteiger partial charge in [0.15, 0.2) is 0 Å². The van der Waals surface area contributed by atoms with Crippen LogP contribution >= 0.6 is 0 Å². The molecular formula is C15H29NO2. The average molecular weight is 255 g/mol. The van der Waals surface area contributed by atoms with Crippen LogP contribution in [0.15, 0.2) is 12.2 Å². The highest BCUT2D eigenvalue weighted by Gasteiger charge is 2.01. The first kappa shape index (κ1) is 17.2. The number of allylic oxidation sites excluding steroid dienone is 1. The number of aliphatic hydroxyl groups excluding tert-OH is 1. The summed E-state index contributed by atoms with van der Waals surface area (Å²) in [7, 11) is 0. The SMILES string of the molecule is CCCCCCCCC/C=C/C(=O)N[C@@H](C)CO. The van der Waals surface area contributed by atoms with Crippen LogP contribution in [0.5, 0.6) is 0 Å². The number of amides is 1. The van der Waals surface area contributed by atoms with Crippen molar-refractivity contribution in [3.63, 3.8) is 0 Å². The predicted molar refractivity (Wildman–Crippen MR) is 76.4 cm³/mol. The number of hydrogen-bond donors (Lipinski definition) is 2. The second kappa shape index (κ2) is 12.6. The fraction of sp³-hybridized carbons (Fsp3) is 0.800. The van der Waals surface area contributed by atoms with Crippen molar-refractivity contribution < 1.29 is 9.90 Å². The highest BCUT2D eigenvalue weighted by atomic mass is 16.3. The lowest BCUT2D eigenvalue weighted by atomic mass is 10.1. The van der Waals surface area contributed by atoms with Crippen molar-refractivity contribution in [1.29, 1.82) is 0 Å². The second-order valence-electron chi connectivity index (χ2n) is 4.90. The number of carbonyl (C=O) groups excluding carboxylic acids is 1. The molecule has 0 heterocycles. The molecule has 1 atom stereocenters. The van der Waals surface area contributed by atoms with Gasteiger partial charge in [-0.15, -0.1) is 0 Å². The van der Waals surface area contributed by atoms with Crippen LogP contribution in [0.1, 0.15) is 65.2 Å². The molecule has 18 heavy (non-hydrogen) atoms. The van der Waals surface area contributed by atoms with E-state index in [9.17, 15) is 4.79 Å². The van der Waals surface area contributed by atoms with E-state index in [-0.39, 0.29) is 18.6 Å². The van der Waals surface area contributed by atoms with Gasteiger partial charge in [-0.2, -0.15) is 0 Å². The summed E-state index contributed by atoms with van der Waals surface area (Å²) in [5.74, 6) is -0.112. The molecule has 1 amide bonds. The van der Waals surface area contributed by atoms with E-state index in [1.165, 1.54) is 38.5 Å². The normalized spacial score (nSPS) is 12.8. The number of carbonyl (C=O) groups is 1. The number of hydrogen-bond acceptors (Lipinski definition) is 2. The predicted octanol–water partition coefficient (Wildman–Crippen LogP) is 3.18. The highest BCUT2D eigenvalue weighted by molar-refractivity contribution is 5.87.